The molecule has 0 saturated carbocycles. The number of para-hydroxylation sites is 1. The second-order valence-corrected chi connectivity index (χ2v) is 9.08. The van der Waals surface area contributed by atoms with E-state index in [1.807, 2.05) is 89.8 Å². The van der Waals surface area contributed by atoms with Crippen LogP contribution in [-0.4, -0.2) is 17.6 Å². The molecule has 0 aliphatic carbocycles. The number of aryl methyl sites for hydroxylation is 1. The number of rotatable bonds is 5. The van der Waals surface area contributed by atoms with Crippen LogP contribution in [-0.2, 0) is 11.2 Å². The Labute approximate surface area is 197 Å². The third-order valence-electron chi connectivity index (χ3n) is 5.99. The van der Waals surface area contributed by atoms with Gasteiger partial charge >= 0.3 is 0 Å². The summed E-state index contributed by atoms with van der Waals surface area (Å²) in [4.78, 5) is 27.6. The summed E-state index contributed by atoms with van der Waals surface area (Å²) in [5, 5.41) is 4.90. The number of carbonyl (C=O) groups excluding carboxylic acids is 2. The summed E-state index contributed by atoms with van der Waals surface area (Å²) in [5.41, 5.74) is 4.56. The van der Waals surface area contributed by atoms with Crippen LogP contribution in [0.25, 0.3) is 10.8 Å². The second kappa shape index (κ2) is 9.12. The number of amides is 2. The molecule has 0 unspecified atom stereocenters. The van der Waals surface area contributed by atoms with Gasteiger partial charge in [-0.15, -0.1) is 11.8 Å². The topological polar surface area (TPSA) is 49.4 Å². The minimum absolute atomic E-state index is 0.0759. The van der Waals surface area contributed by atoms with Crippen LogP contribution in [0.3, 0.4) is 0 Å². The van der Waals surface area contributed by atoms with Crippen molar-refractivity contribution in [1.29, 1.82) is 0 Å². The molecule has 1 heterocycles. The van der Waals surface area contributed by atoms with Crippen molar-refractivity contribution >= 4 is 45.7 Å². The number of nitrogens with one attached hydrogen (secondary N) is 1. The largest absolute Gasteiger partial charge is 0.322 e. The number of thioether (sulfide) groups is 1. The zero-order valence-electron chi connectivity index (χ0n) is 18.3. The van der Waals surface area contributed by atoms with E-state index in [9.17, 15) is 9.59 Å². The maximum Gasteiger partial charge on any atom is 0.256 e. The van der Waals surface area contributed by atoms with Crippen molar-refractivity contribution in [2.24, 2.45) is 0 Å². The van der Waals surface area contributed by atoms with Gasteiger partial charge in [0.15, 0.2) is 0 Å². The number of hydrogen-bond acceptors (Lipinski definition) is 3. The molecular weight excluding hydrogens is 428 g/mol. The van der Waals surface area contributed by atoms with Crippen molar-refractivity contribution in [3.8, 4) is 0 Å². The predicted octanol–water partition coefficient (Wildman–Crippen LogP) is 6.43. The van der Waals surface area contributed by atoms with Gasteiger partial charge in [-0.3, -0.25) is 14.5 Å². The standard InChI is InChI=1S/C28H24N2O2S/c1-2-19-8-4-6-13-25(19)30-26(31)18-33-28(30)21-14-16-22(17-15-21)29-27(32)24-12-7-10-20-9-3-5-11-23(20)24/h3-17,28H,2,18H2,1H3,(H,29,32)/t28-/m1/s1. The third-order valence-corrected chi connectivity index (χ3v) is 7.20. The Balaban J connectivity index is 1.38. The maximum absolute atomic E-state index is 13.0. The molecule has 0 radical (unpaired) electrons. The molecular formula is C28H24N2O2S. The lowest BCUT2D eigenvalue weighted by molar-refractivity contribution is -0.115. The fraction of sp³-hybridized carbons (Fsp3) is 0.143. The number of benzene rings is 4. The Hall–Kier alpha value is -3.57. The highest BCUT2D eigenvalue weighted by molar-refractivity contribution is 8.00. The quantitative estimate of drug-likeness (QED) is 0.379. The van der Waals surface area contributed by atoms with Crippen LogP contribution in [0, 0.1) is 0 Å². The highest BCUT2D eigenvalue weighted by Gasteiger charge is 2.34. The Kier molecular flexibility index (Phi) is 5.88. The zero-order chi connectivity index (χ0) is 22.8. The van der Waals surface area contributed by atoms with Crippen molar-refractivity contribution in [2.45, 2.75) is 18.7 Å². The van der Waals surface area contributed by atoms with Gasteiger partial charge in [0.25, 0.3) is 5.91 Å². The molecule has 1 fully saturated rings. The Morgan fingerprint density at radius 1 is 0.939 bits per heavy atom. The first-order chi connectivity index (χ1) is 16.2. The van der Waals surface area contributed by atoms with Gasteiger partial charge < -0.3 is 5.32 Å². The summed E-state index contributed by atoms with van der Waals surface area (Å²) in [6, 6.07) is 29.5. The molecule has 33 heavy (non-hydrogen) atoms. The molecule has 1 aliphatic rings. The molecule has 1 aliphatic heterocycles. The number of hydrogen-bond donors (Lipinski definition) is 1. The summed E-state index contributed by atoms with van der Waals surface area (Å²) in [6.45, 7) is 2.11. The van der Waals surface area contributed by atoms with Crippen molar-refractivity contribution in [3.63, 3.8) is 0 Å². The van der Waals surface area contributed by atoms with Gasteiger partial charge in [-0.25, -0.2) is 0 Å². The summed E-state index contributed by atoms with van der Waals surface area (Å²) < 4.78 is 0. The van der Waals surface area contributed by atoms with E-state index in [1.54, 1.807) is 11.8 Å². The predicted molar refractivity (Wildman–Crippen MR) is 137 cm³/mol. The number of fused-ring (bicyclic) bond motifs is 1. The van der Waals surface area contributed by atoms with E-state index >= 15 is 0 Å². The van der Waals surface area contributed by atoms with Gasteiger partial charge in [-0.1, -0.05) is 73.7 Å². The molecule has 4 aromatic rings. The van der Waals surface area contributed by atoms with Crippen molar-refractivity contribution in [1.82, 2.24) is 0 Å². The van der Waals surface area contributed by atoms with Crippen molar-refractivity contribution in [2.75, 3.05) is 16.0 Å². The lowest BCUT2D eigenvalue weighted by atomic mass is 10.0. The third kappa shape index (κ3) is 4.12. The van der Waals surface area contributed by atoms with E-state index in [0.29, 0.717) is 11.3 Å². The van der Waals surface area contributed by atoms with Crippen LogP contribution >= 0.6 is 11.8 Å². The fourth-order valence-electron chi connectivity index (χ4n) is 4.33. The normalized spacial score (nSPS) is 15.7. The van der Waals surface area contributed by atoms with Crippen LogP contribution in [0.2, 0.25) is 0 Å². The smallest absolute Gasteiger partial charge is 0.256 e. The highest BCUT2D eigenvalue weighted by Crippen LogP contribution is 2.43. The molecule has 0 aromatic heterocycles. The zero-order valence-corrected chi connectivity index (χ0v) is 19.1. The summed E-state index contributed by atoms with van der Waals surface area (Å²) in [6.07, 6.45) is 0.872. The Morgan fingerprint density at radius 3 is 2.48 bits per heavy atom. The molecule has 4 nitrogen and oxygen atoms in total. The first kappa shape index (κ1) is 21.3. The molecule has 0 spiro atoms. The first-order valence-electron chi connectivity index (χ1n) is 11.1. The van der Waals surface area contributed by atoms with Crippen LogP contribution in [0.5, 0.6) is 0 Å². The molecule has 4 aromatic carbocycles. The van der Waals surface area contributed by atoms with Crippen LogP contribution < -0.4 is 10.2 Å². The fourth-order valence-corrected chi connectivity index (χ4v) is 5.50. The molecule has 0 bridgehead atoms. The molecule has 5 rings (SSSR count). The summed E-state index contributed by atoms with van der Waals surface area (Å²) in [7, 11) is 0. The average molecular weight is 453 g/mol. The van der Waals surface area contributed by atoms with E-state index in [2.05, 4.69) is 18.3 Å². The lowest BCUT2D eigenvalue weighted by Gasteiger charge is -2.26. The summed E-state index contributed by atoms with van der Waals surface area (Å²) >= 11 is 1.63. The van der Waals surface area contributed by atoms with Crippen LogP contribution in [0.4, 0.5) is 11.4 Å². The number of carbonyl (C=O) groups is 2. The summed E-state index contributed by atoms with van der Waals surface area (Å²) in [5.74, 6) is 0.449. The van der Waals surface area contributed by atoms with E-state index in [4.69, 9.17) is 0 Å². The molecule has 5 heteroatoms. The van der Waals surface area contributed by atoms with Gasteiger partial charge in [-0.05, 0) is 52.6 Å². The Morgan fingerprint density at radius 2 is 1.67 bits per heavy atom. The molecule has 1 saturated heterocycles. The van der Waals surface area contributed by atoms with Crippen molar-refractivity contribution in [3.05, 3.63) is 108 Å². The van der Waals surface area contributed by atoms with Gasteiger partial charge in [0, 0.05) is 16.9 Å². The Bertz CT molecular complexity index is 1330. The molecule has 1 N–H and O–H groups in total. The first-order valence-corrected chi connectivity index (χ1v) is 12.1. The molecule has 2 amide bonds. The lowest BCUT2D eigenvalue weighted by Crippen LogP contribution is -2.28. The number of anilines is 2. The van der Waals surface area contributed by atoms with E-state index in [-0.39, 0.29) is 17.2 Å². The van der Waals surface area contributed by atoms with E-state index < -0.39 is 0 Å². The van der Waals surface area contributed by atoms with Gasteiger partial charge in [0.05, 0.1) is 5.75 Å². The van der Waals surface area contributed by atoms with Crippen LogP contribution in [0.1, 0.15) is 33.8 Å². The molecule has 1 atom stereocenters. The van der Waals surface area contributed by atoms with Gasteiger partial charge in [0.1, 0.15) is 5.37 Å². The van der Waals surface area contributed by atoms with Crippen molar-refractivity contribution < 1.29 is 9.59 Å². The van der Waals surface area contributed by atoms with Gasteiger partial charge in [0.2, 0.25) is 5.91 Å². The SMILES string of the molecule is CCc1ccccc1N1C(=O)CS[C@@H]1c1ccc(NC(=O)c2cccc3ccccc23)cc1. The maximum atomic E-state index is 13.0. The van der Waals surface area contributed by atoms with Crippen LogP contribution in [0.15, 0.2) is 91.0 Å². The second-order valence-electron chi connectivity index (χ2n) is 8.01. The average Bonchev–Trinajstić information content (AvgIpc) is 3.25. The molecule has 164 valence electrons. The van der Waals surface area contributed by atoms with E-state index in [0.717, 1.165) is 39.7 Å². The van der Waals surface area contributed by atoms with Gasteiger partial charge in [-0.2, -0.15) is 0 Å². The number of nitrogens with zero attached hydrogens (tertiary/aromatic N) is 1. The highest BCUT2D eigenvalue weighted by atomic mass is 32.2. The van der Waals surface area contributed by atoms with E-state index in [1.165, 1.54) is 0 Å². The minimum Gasteiger partial charge on any atom is -0.322 e. The monoisotopic (exact) mass is 452 g/mol. The minimum atomic E-state index is -0.136.